The third kappa shape index (κ3) is 4.52. The lowest BCUT2D eigenvalue weighted by molar-refractivity contribution is -0.132. The van der Waals surface area contributed by atoms with Crippen molar-refractivity contribution in [2.24, 2.45) is 0 Å². The van der Waals surface area contributed by atoms with Gasteiger partial charge in [-0.3, -0.25) is 4.79 Å². The third-order valence-corrected chi connectivity index (χ3v) is 3.28. The van der Waals surface area contributed by atoms with Crippen molar-refractivity contribution in [1.82, 2.24) is 0 Å². The Balaban J connectivity index is 2.30. The second-order valence-electron chi connectivity index (χ2n) is 4.98. The van der Waals surface area contributed by atoms with E-state index in [1.54, 1.807) is 26.4 Å². The van der Waals surface area contributed by atoms with Crippen molar-refractivity contribution in [3.63, 3.8) is 0 Å². The quantitative estimate of drug-likeness (QED) is 0.458. The first-order valence-electron chi connectivity index (χ1n) is 7.33. The SMILES string of the molecule is COc1cc(C=Cc2ccc(OC)c(OC(C)=O)c2)cc(OC)c1. The molecule has 2 rings (SSSR count). The molecule has 126 valence electrons. The minimum absolute atomic E-state index is 0.385. The Morgan fingerprint density at radius 3 is 1.96 bits per heavy atom. The summed E-state index contributed by atoms with van der Waals surface area (Å²) in [6, 6.07) is 11.0. The Labute approximate surface area is 141 Å². The van der Waals surface area contributed by atoms with Gasteiger partial charge in [0.1, 0.15) is 11.5 Å². The van der Waals surface area contributed by atoms with Crippen LogP contribution < -0.4 is 18.9 Å². The van der Waals surface area contributed by atoms with E-state index in [-0.39, 0.29) is 0 Å². The molecule has 0 fully saturated rings. The number of hydrogen-bond acceptors (Lipinski definition) is 5. The number of carbonyl (C=O) groups excluding carboxylic acids is 1. The zero-order valence-electron chi connectivity index (χ0n) is 14.2. The normalized spacial score (nSPS) is 10.5. The first-order chi connectivity index (χ1) is 11.5. The Morgan fingerprint density at radius 2 is 1.42 bits per heavy atom. The number of rotatable bonds is 6. The summed E-state index contributed by atoms with van der Waals surface area (Å²) in [6.07, 6.45) is 3.82. The van der Waals surface area contributed by atoms with Crippen molar-refractivity contribution in [1.29, 1.82) is 0 Å². The largest absolute Gasteiger partial charge is 0.497 e. The van der Waals surface area contributed by atoms with Crippen LogP contribution in [-0.2, 0) is 4.79 Å². The van der Waals surface area contributed by atoms with Gasteiger partial charge in [-0.05, 0) is 35.4 Å². The van der Waals surface area contributed by atoms with E-state index in [1.807, 2.05) is 36.4 Å². The smallest absolute Gasteiger partial charge is 0.308 e. The fourth-order valence-corrected chi connectivity index (χ4v) is 2.15. The second-order valence-corrected chi connectivity index (χ2v) is 4.98. The van der Waals surface area contributed by atoms with Crippen molar-refractivity contribution in [3.8, 4) is 23.0 Å². The molecule has 0 unspecified atom stereocenters. The van der Waals surface area contributed by atoms with Crippen molar-refractivity contribution in [2.75, 3.05) is 21.3 Å². The van der Waals surface area contributed by atoms with Crippen LogP contribution in [0.1, 0.15) is 18.1 Å². The first-order valence-corrected chi connectivity index (χ1v) is 7.33. The van der Waals surface area contributed by atoms with Gasteiger partial charge < -0.3 is 18.9 Å². The molecular formula is C19H20O5. The molecule has 0 saturated heterocycles. The summed E-state index contributed by atoms with van der Waals surface area (Å²) < 4.78 is 20.9. The number of benzene rings is 2. The van der Waals surface area contributed by atoms with Crippen LogP contribution in [0.3, 0.4) is 0 Å². The van der Waals surface area contributed by atoms with Crippen LogP contribution in [0.4, 0.5) is 0 Å². The number of hydrogen-bond donors (Lipinski definition) is 0. The molecule has 0 aliphatic carbocycles. The first kappa shape index (κ1) is 17.4. The number of ether oxygens (including phenoxy) is 4. The maximum Gasteiger partial charge on any atom is 0.308 e. The Morgan fingerprint density at radius 1 is 0.792 bits per heavy atom. The van der Waals surface area contributed by atoms with Gasteiger partial charge >= 0.3 is 5.97 Å². The van der Waals surface area contributed by atoms with Crippen LogP contribution in [-0.4, -0.2) is 27.3 Å². The van der Waals surface area contributed by atoms with Gasteiger partial charge in [0.25, 0.3) is 0 Å². The summed E-state index contributed by atoms with van der Waals surface area (Å²) in [6.45, 7) is 1.35. The van der Waals surface area contributed by atoms with Crippen LogP contribution in [0, 0.1) is 0 Å². The van der Waals surface area contributed by atoms with Gasteiger partial charge in [-0.15, -0.1) is 0 Å². The molecule has 0 aromatic heterocycles. The highest BCUT2D eigenvalue weighted by Gasteiger charge is 2.07. The van der Waals surface area contributed by atoms with E-state index < -0.39 is 5.97 Å². The average molecular weight is 328 g/mol. The topological polar surface area (TPSA) is 54.0 Å². The summed E-state index contributed by atoms with van der Waals surface area (Å²) in [7, 11) is 4.74. The van der Waals surface area contributed by atoms with Gasteiger partial charge in [0.2, 0.25) is 0 Å². The molecule has 5 nitrogen and oxygen atoms in total. The van der Waals surface area contributed by atoms with Crippen molar-refractivity contribution in [3.05, 3.63) is 47.5 Å². The predicted octanol–water partition coefficient (Wildman–Crippen LogP) is 3.81. The minimum atomic E-state index is -0.396. The van der Waals surface area contributed by atoms with E-state index in [0.29, 0.717) is 23.0 Å². The molecule has 0 aliphatic heterocycles. The molecule has 0 radical (unpaired) electrons. The van der Waals surface area contributed by atoms with Gasteiger partial charge in [0.05, 0.1) is 21.3 Å². The lowest BCUT2D eigenvalue weighted by Gasteiger charge is -2.08. The maximum absolute atomic E-state index is 11.2. The maximum atomic E-state index is 11.2. The predicted molar refractivity (Wildman–Crippen MR) is 92.8 cm³/mol. The lowest BCUT2D eigenvalue weighted by Crippen LogP contribution is -2.03. The molecule has 24 heavy (non-hydrogen) atoms. The summed E-state index contributed by atoms with van der Waals surface area (Å²) in [5, 5.41) is 0. The summed E-state index contributed by atoms with van der Waals surface area (Å²) in [4.78, 5) is 11.2. The fourth-order valence-electron chi connectivity index (χ4n) is 2.15. The summed E-state index contributed by atoms with van der Waals surface area (Å²) >= 11 is 0. The van der Waals surface area contributed by atoms with Gasteiger partial charge in [-0.25, -0.2) is 0 Å². The molecule has 0 heterocycles. The molecular weight excluding hydrogens is 308 g/mol. The van der Waals surface area contributed by atoms with Gasteiger partial charge in [-0.2, -0.15) is 0 Å². The molecule has 0 N–H and O–H groups in total. The minimum Gasteiger partial charge on any atom is -0.497 e. The molecule has 2 aromatic carbocycles. The fraction of sp³-hybridized carbons (Fsp3) is 0.211. The highest BCUT2D eigenvalue weighted by molar-refractivity contribution is 5.74. The number of esters is 1. The van der Waals surface area contributed by atoms with Crippen molar-refractivity contribution >= 4 is 18.1 Å². The highest BCUT2D eigenvalue weighted by atomic mass is 16.6. The molecule has 0 spiro atoms. The summed E-state index contributed by atoms with van der Waals surface area (Å²) in [5.41, 5.74) is 1.80. The van der Waals surface area contributed by atoms with Crippen molar-refractivity contribution < 1.29 is 23.7 Å². The average Bonchev–Trinajstić information content (AvgIpc) is 2.59. The standard InChI is InChI=1S/C19H20O5/c1-13(20)24-19-11-14(7-8-18(19)23-4)5-6-15-9-16(21-2)12-17(10-15)22-3/h5-12H,1-4H3. The van der Waals surface area contributed by atoms with Crippen LogP contribution >= 0.6 is 0 Å². The highest BCUT2D eigenvalue weighted by Crippen LogP contribution is 2.29. The van der Waals surface area contributed by atoms with E-state index in [9.17, 15) is 4.79 Å². The Bertz CT molecular complexity index is 727. The molecule has 0 saturated carbocycles. The van der Waals surface area contributed by atoms with Crippen LogP contribution in [0.25, 0.3) is 12.2 Å². The second kappa shape index (κ2) is 8.06. The zero-order chi connectivity index (χ0) is 17.5. The number of methoxy groups -OCH3 is 3. The van der Waals surface area contributed by atoms with Crippen LogP contribution in [0.15, 0.2) is 36.4 Å². The number of carbonyl (C=O) groups is 1. The van der Waals surface area contributed by atoms with Gasteiger partial charge in [0, 0.05) is 13.0 Å². The van der Waals surface area contributed by atoms with Crippen LogP contribution in [0.2, 0.25) is 0 Å². The van der Waals surface area contributed by atoms with E-state index in [1.165, 1.54) is 14.0 Å². The lowest BCUT2D eigenvalue weighted by atomic mass is 10.1. The zero-order valence-corrected chi connectivity index (χ0v) is 14.2. The van der Waals surface area contributed by atoms with Crippen LogP contribution in [0.5, 0.6) is 23.0 Å². The molecule has 0 bridgehead atoms. The Hall–Kier alpha value is -2.95. The van der Waals surface area contributed by atoms with Crippen molar-refractivity contribution in [2.45, 2.75) is 6.92 Å². The van der Waals surface area contributed by atoms with E-state index >= 15 is 0 Å². The van der Waals surface area contributed by atoms with E-state index in [2.05, 4.69) is 0 Å². The molecule has 5 heteroatoms. The van der Waals surface area contributed by atoms with Gasteiger partial charge in [0.15, 0.2) is 11.5 Å². The monoisotopic (exact) mass is 328 g/mol. The third-order valence-electron chi connectivity index (χ3n) is 3.28. The molecule has 2 aromatic rings. The van der Waals surface area contributed by atoms with E-state index in [4.69, 9.17) is 18.9 Å². The van der Waals surface area contributed by atoms with Gasteiger partial charge in [-0.1, -0.05) is 18.2 Å². The van der Waals surface area contributed by atoms with E-state index in [0.717, 1.165) is 11.1 Å². The molecule has 0 aliphatic rings. The molecule has 0 amide bonds. The Kier molecular flexibility index (Phi) is 5.84. The summed E-state index contributed by atoms with van der Waals surface area (Å²) in [5.74, 6) is 1.92. The molecule has 0 atom stereocenters.